The lowest BCUT2D eigenvalue weighted by molar-refractivity contribution is 0.0627. The van der Waals surface area contributed by atoms with Crippen LogP contribution in [0.25, 0.3) is 0 Å². The highest BCUT2D eigenvalue weighted by Crippen LogP contribution is 2.22. The van der Waals surface area contributed by atoms with Crippen molar-refractivity contribution >= 4 is 17.5 Å². The molecule has 1 saturated heterocycles. The maximum Gasteiger partial charge on any atom is 0.253 e. The van der Waals surface area contributed by atoms with Crippen LogP contribution < -0.4 is 4.74 Å². The van der Waals surface area contributed by atoms with E-state index in [9.17, 15) is 9.18 Å². The fourth-order valence-electron chi connectivity index (χ4n) is 3.02. The molecule has 0 aromatic heterocycles. The maximum atomic E-state index is 13.5. The molecule has 1 aliphatic rings. The van der Waals surface area contributed by atoms with Crippen LogP contribution in [0, 0.1) is 5.82 Å². The van der Waals surface area contributed by atoms with Gasteiger partial charge in [0.2, 0.25) is 0 Å². The number of rotatable bonds is 4. The molecule has 25 heavy (non-hydrogen) atoms. The summed E-state index contributed by atoms with van der Waals surface area (Å²) < 4.78 is 18.8. The molecule has 1 amide bonds. The number of carbonyl (C=O) groups excluding carboxylic acids is 1. The monoisotopic (exact) mass is 362 g/mol. The number of halogens is 2. The van der Waals surface area contributed by atoms with Crippen LogP contribution in [0.4, 0.5) is 4.39 Å². The summed E-state index contributed by atoms with van der Waals surface area (Å²) in [5, 5.41) is 0.558. The second-order valence-corrected chi connectivity index (χ2v) is 6.47. The molecular formula is C19H20ClFN2O2. The number of nitrogens with zero attached hydrogens (tertiary/aromatic N) is 2. The fraction of sp³-hybridized carbons (Fsp3) is 0.316. The van der Waals surface area contributed by atoms with Gasteiger partial charge in [0.15, 0.2) is 0 Å². The van der Waals surface area contributed by atoms with Crippen molar-refractivity contribution in [2.75, 3.05) is 33.3 Å². The molecule has 2 aromatic rings. The number of amides is 1. The highest BCUT2D eigenvalue weighted by molar-refractivity contribution is 6.30. The molecule has 3 rings (SSSR count). The first-order chi connectivity index (χ1) is 12.1. The van der Waals surface area contributed by atoms with E-state index in [0.717, 1.165) is 18.7 Å². The van der Waals surface area contributed by atoms with E-state index in [2.05, 4.69) is 4.90 Å². The molecule has 0 radical (unpaired) electrons. The molecule has 132 valence electrons. The van der Waals surface area contributed by atoms with Crippen LogP contribution in [0.3, 0.4) is 0 Å². The molecule has 1 fully saturated rings. The van der Waals surface area contributed by atoms with Crippen LogP contribution in [0.1, 0.15) is 15.9 Å². The molecule has 0 saturated carbocycles. The number of hydrogen-bond donors (Lipinski definition) is 0. The van der Waals surface area contributed by atoms with Crippen molar-refractivity contribution in [3.8, 4) is 5.75 Å². The minimum absolute atomic E-state index is 0.00881. The van der Waals surface area contributed by atoms with E-state index in [4.69, 9.17) is 16.3 Å². The van der Waals surface area contributed by atoms with Crippen LogP contribution >= 0.6 is 11.6 Å². The van der Waals surface area contributed by atoms with Crippen molar-refractivity contribution in [2.24, 2.45) is 0 Å². The standard InChI is InChI=1S/C19H20ClFN2O2/c1-25-18-6-5-17(21)12-15(18)13-22-7-9-23(10-8-22)19(24)14-3-2-4-16(20)11-14/h2-6,11-12H,7-10,13H2,1H3. The van der Waals surface area contributed by atoms with E-state index in [0.29, 0.717) is 36.0 Å². The van der Waals surface area contributed by atoms with Crippen molar-refractivity contribution in [1.29, 1.82) is 0 Å². The zero-order valence-corrected chi connectivity index (χ0v) is 14.8. The summed E-state index contributed by atoms with van der Waals surface area (Å²) in [4.78, 5) is 16.6. The number of carbonyl (C=O) groups is 1. The summed E-state index contributed by atoms with van der Waals surface area (Å²) in [6.07, 6.45) is 0. The Bertz CT molecular complexity index is 761. The van der Waals surface area contributed by atoms with Crippen LogP contribution in [0.15, 0.2) is 42.5 Å². The third-order valence-corrected chi connectivity index (χ3v) is 4.60. The van der Waals surface area contributed by atoms with Gasteiger partial charge in [-0.25, -0.2) is 4.39 Å². The molecule has 0 aliphatic carbocycles. The van der Waals surface area contributed by atoms with Gasteiger partial charge in [0.05, 0.1) is 7.11 Å². The van der Waals surface area contributed by atoms with Crippen LogP contribution in [0.5, 0.6) is 5.75 Å². The van der Waals surface area contributed by atoms with Crippen LogP contribution in [0.2, 0.25) is 5.02 Å². The number of piperazine rings is 1. The maximum absolute atomic E-state index is 13.5. The zero-order chi connectivity index (χ0) is 17.8. The van der Waals surface area contributed by atoms with Crippen LogP contribution in [-0.4, -0.2) is 49.0 Å². The Hall–Kier alpha value is -2.11. The Morgan fingerprint density at radius 1 is 1.16 bits per heavy atom. The molecule has 0 unspecified atom stereocenters. The van der Waals surface area contributed by atoms with Crippen LogP contribution in [-0.2, 0) is 6.54 Å². The molecule has 0 spiro atoms. The quantitative estimate of drug-likeness (QED) is 0.835. The normalized spacial score (nSPS) is 15.2. The molecule has 4 nitrogen and oxygen atoms in total. The first kappa shape index (κ1) is 17.7. The first-order valence-electron chi connectivity index (χ1n) is 8.16. The molecule has 0 bridgehead atoms. The van der Waals surface area contributed by atoms with Crippen molar-refractivity contribution in [1.82, 2.24) is 9.80 Å². The Morgan fingerprint density at radius 2 is 1.92 bits per heavy atom. The van der Waals surface area contributed by atoms with Crippen molar-refractivity contribution in [3.63, 3.8) is 0 Å². The Kier molecular flexibility index (Phi) is 5.56. The van der Waals surface area contributed by atoms with E-state index < -0.39 is 0 Å². The Morgan fingerprint density at radius 3 is 2.60 bits per heavy atom. The molecule has 0 N–H and O–H groups in total. The predicted molar refractivity (Wildman–Crippen MR) is 95.6 cm³/mol. The third kappa shape index (κ3) is 4.30. The van der Waals surface area contributed by atoms with Crippen molar-refractivity contribution in [2.45, 2.75) is 6.54 Å². The SMILES string of the molecule is COc1ccc(F)cc1CN1CCN(C(=O)c2cccc(Cl)c2)CC1. The fourth-order valence-corrected chi connectivity index (χ4v) is 3.22. The minimum Gasteiger partial charge on any atom is -0.496 e. The summed E-state index contributed by atoms with van der Waals surface area (Å²) in [7, 11) is 1.58. The highest BCUT2D eigenvalue weighted by atomic mass is 35.5. The third-order valence-electron chi connectivity index (χ3n) is 4.37. The summed E-state index contributed by atoms with van der Waals surface area (Å²) in [6.45, 7) is 3.31. The Balaban J connectivity index is 1.61. The lowest BCUT2D eigenvalue weighted by Crippen LogP contribution is -2.48. The van der Waals surface area contributed by atoms with Gasteiger partial charge in [0.25, 0.3) is 5.91 Å². The number of hydrogen-bond acceptors (Lipinski definition) is 3. The number of ether oxygens (including phenoxy) is 1. The Labute approximate surface area is 151 Å². The van der Waals surface area contributed by atoms with E-state index in [-0.39, 0.29) is 11.7 Å². The van der Waals surface area contributed by atoms with Gasteiger partial charge in [-0.2, -0.15) is 0 Å². The van der Waals surface area contributed by atoms with Gasteiger partial charge in [-0.1, -0.05) is 17.7 Å². The average molecular weight is 363 g/mol. The highest BCUT2D eigenvalue weighted by Gasteiger charge is 2.23. The number of methoxy groups -OCH3 is 1. The lowest BCUT2D eigenvalue weighted by atomic mass is 10.1. The van der Waals surface area contributed by atoms with E-state index in [1.165, 1.54) is 12.1 Å². The largest absolute Gasteiger partial charge is 0.496 e. The van der Waals surface area contributed by atoms with E-state index >= 15 is 0 Å². The minimum atomic E-state index is -0.273. The van der Waals surface area contributed by atoms with Gasteiger partial charge >= 0.3 is 0 Å². The molecule has 6 heteroatoms. The lowest BCUT2D eigenvalue weighted by Gasteiger charge is -2.35. The molecule has 2 aromatic carbocycles. The predicted octanol–water partition coefficient (Wildman–Crippen LogP) is 3.45. The first-order valence-corrected chi connectivity index (χ1v) is 8.54. The van der Waals surface area contributed by atoms with Gasteiger partial charge in [-0.3, -0.25) is 9.69 Å². The van der Waals surface area contributed by atoms with Crippen molar-refractivity contribution in [3.05, 3.63) is 64.4 Å². The summed E-state index contributed by atoms with van der Waals surface area (Å²) in [5.74, 6) is 0.398. The summed E-state index contributed by atoms with van der Waals surface area (Å²) >= 11 is 5.96. The van der Waals surface area contributed by atoms with Gasteiger partial charge in [0.1, 0.15) is 11.6 Å². The molecule has 1 heterocycles. The molecule has 0 atom stereocenters. The van der Waals surface area contributed by atoms with Gasteiger partial charge in [-0.15, -0.1) is 0 Å². The van der Waals surface area contributed by atoms with Gasteiger partial charge in [-0.05, 0) is 36.4 Å². The van der Waals surface area contributed by atoms with Gasteiger partial charge in [0, 0.05) is 48.9 Å². The summed E-state index contributed by atoms with van der Waals surface area (Å²) in [6, 6.07) is 11.5. The second-order valence-electron chi connectivity index (χ2n) is 6.03. The van der Waals surface area contributed by atoms with E-state index in [1.807, 2.05) is 4.90 Å². The van der Waals surface area contributed by atoms with Crippen molar-refractivity contribution < 1.29 is 13.9 Å². The zero-order valence-electron chi connectivity index (χ0n) is 14.0. The smallest absolute Gasteiger partial charge is 0.253 e. The second kappa shape index (κ2) is 7.85. The topological polar surface area (TPSA) is 32.8 Å². The molecule has 1 aliphatic heterocycles. The number of benzene rings is 2. The van der Waals surface area contributed by atoms with Gasteiger partial charge < -0.3 is 9.64 Å². The summed E-state index contributed by atoms with van der Waals surface area (Å²) in [5.41, 5.74) is 1.42. The van der Waals surface area contributed by atoms with E-state index in [1.54, 1.807) is 37.4 Å². The molecular weight excluding hydrogens is 343 g/mol. The average Bonchev–Trinajstić information content (AvgIpc) is 2.62.